The van der Waals surface area contributed by atoms with E-state index < -0.39 is 42.4 Å². The summed E-state index contributed by atoms with van der Waals surface area (Å²) >= 11 is 0. The van der Waals surface area contributed by atoms with Gasteiger partial charge in [-0.3, -0.25) is 20.4 Å². The van der Waals surface area contributed by atoms with E-state index in [-0.39, 0.29) is 5.75 Å². The summed E-state index contributed by atoms with van der Waals surface area (Å²) in [5.74, 6) is -2.39. The van der Waals surface area contributed by atoms with Gasteiger partial charge in [-0.1, -0.05) is 0 Å². The first-order valence-electron chi connectivity index (χ1n) is 6.26. The highest BCUT2D eigenvalue weighted by atomic mass is 19.4. The number of alkyl halides is 3. The van der Waals surface area contributed by atoms with Gasteiger partial charge in [0.1, 0.15) is 11.6 Å². The molecule has 0 fully saturated rings. The van der Waals surface area contributed by atoms with Crippen molar-refractivity contribution in [3.8, 4) is 5.75 Å². The van der Waals surface area contributed by atoms with E-state index in [9.17, 15) is 27.2 Å². The highest BCUT2D eigenvalue weighted by Crippen LogP contribution is 2.32. The third kappa shape index (κ3) is 6.10. The molecule has 0 heterocycles. The summed E-state index contributed by atoms with van der Waals surface area (Å²) in [5.41, 5.74) is 0.324. The Kier molecular flexibility index (Phi) is 5.91. The van der Waals surface area contributed by atoms with Gasteiger partial charge in [-0.25, -0.2) is 4.39 Å². The van der Waals surface area contributed by atoms with E-state index in [0.717, 1.165) is 12.1 Å². The standard InChI is InChI=1S/C13H14F4N2O4/c1-12(22,13(15,16)17)6-10(20)18-19-11(21)7-23-9-4-2-8(14)3-5-9/h2-5,22H,6-7H2,1H3,(H,18,20)(H,19,21)/t12-/m1/s1. The van der Waals surface area contributed by atoms with Gasteiger partial charge in [0.2, 0.25) is 5.91 Å². The summed E-state index contributed by atoms with van der Waals surface area (Å²) in [5, 5.41) is 9.11. The molecule has 1 aromatic carbocycles. The number of benzene rings is 1. The third-order valence-corrected chi connectivity index (χ3v) is 2.64. The zero-order valence-electron chi connectivity index (χ0n) is 11.9. The Bertz CT molecular complexity index is 558. The van der Waals surface area contributed by atoms with Crippen molar-refractivity contribution in [1.29, 1.82) is 0 Å². The Labute approximate surface area is 128 Å². The number of hydrogen-bond acceptors (Lipinski definition) is 4. The molecule has 0 saturated carbocycles. The molecular weight excluding hydrogens is 324 g/mol. The van der Waals surface area contributed by atoms with Crippen molar-refractivity contribution in [2.75, 3.05) is 6.61 Å². The van der Waals surface area contributed by atoms with Gasteiger partial charge in [-0.2, -0.15) is 13.2 Å². The smallest absolute Gasteiger partial charge is 0.417 e. The number of rotatable bonds is 5. The third-order valence-electron chi connectivity index (χ3n) is 2.64. The van der Waals surface area contributed by atoms with Crippen molar-refractivity contribution in [3.05, 3.63) is 30.1 Å². The van der Waals surface area contributed by atoms with Crippen molar-refractivity contribution in [3.63, 3.8) is 0 Å². The van der Waals surface area contributed by atoms with Crippen molar-refractivity contribution in [1.82, 2.24) is 10.9 Å². The zero-order chi connectivity index (χ0) is 17.7. The number of ether oxygens (including phenoxy) is 1. The fourth-order valence-electron chi connectivity index (χ4n) is 1.31. The fraction of sp³-hybridized carbons (Fsp3) is 0.385. The van der Waals surface area contributed by atoms with Crippen LogP contribution in [0.4, 0.5) is 17.6 Å². The molecule has 6 nitrogen and oxygen atoms in total. The SMILES string of the molecule is C[C@@](O)(CC(=O)NNC(=O)COc1ccc(F)cc1)C(F)(F)F. The van der Waals surface area contributed by atoms with E-state index in [0.29, 0.717) is 6.92 Å². The number of amides is 2. The zero-order valence-corrected chi connectivity index (χ0v) is 11.9. The monoisotopic (exact) mass is 338 g/mol. The fourth-order valence-corrected chi connectivity index (χ4v) is 1.31. The number of hydrazine groups is 1. The molecule has 3 N–H and O–H groups in total. The average Bonchev–Trinajstić information content (AvgIpc) is 2.43. The van der Waals surface area contributed by atoms with Gasteiger partial charge in [0.15, 0.2) is 12.2 Å². The van der Waals surface area contributed by atoms with Crippen LogP contribution in [-0.4, -0.2) is 35.3 Å². The predicted octanol–water partition coefficient (Wildman–Crippen LogP) is 1.06. The molecule has 0 radical (unpaired) electrons. The molecule has 0 spiro atoms. The average molecular weight is 338 g/mol. The van der Waals surface area contributed by atoms with E-state index in [2.05, 4.69) is 0 Å². The topological polar surface area (TPSA) is 87.7 Å². The largest absolute Gasteiger partial charge is 0.484 e. The molecule has 0 aliphatic rings. The minimum atomic E-state index is -4.99. The molecule has 2 amide bonds. The first-order chi connectivity index (χ1) is 10.5. The van der Waals surface area contributed by atoms with Gasteiger partial charge in [0, 0.05) is 0 Å². The Morgan fingerprint density at radius 1 is 1.13 bits per heavy atom. The lowest BCUT2D eigenvalue weighted by atomic mass is 10.0. The lowest BCUT2D eigenvalue weighted by Crippen LogP contribution is -2.50. The van der Waals surface area contributed by atoms with Crippen molar-refractivity contribution in [2.24, 2.45) is 0 Å². The number of hydrogen-bond donors (Lipinski definition) is 3. The van der Waals surface area contributed by atoms with E-state index in [1.165, 1.54) is 12.1 Å². The maximum absolute atomic E-state index is 12.6. The molecule has 0 bridgehead atoms. The van der Waals surface area contributed by atoms with Crippen LogP contribution in [0.15, 0.2) is 24.3 Å². The van der Waals surface area contributed by atoms with Gasteiger partial charge in [-0.05, 0) is 31.2 Å². The van der Waals surface area contributed by atoms with Crippen LogP contribution in [0.25, 0.3) is 0 Å². The predicted molar refractivity (Wildman–Crippen MR) is 69.5 cm³/mol. The summed E-state index contributed by atoms with van der Waals surface area (Å²) in [6.45, 7) is -0.117. The van der Waals surface area contributed by atoms with Crippen LogP contribution in [0.5, 0.6) is 5.75 Å². The second-order valence-corrected chi connectivity index (χ2v) is 4.79. The van der Waals surface area contributed by atoms with Crippen LogP contribution in [0.1, 0.15) is 13.3 Å². The normalized spacial score (nSPS) is 13.8. The minimum absolute atomic E-state index is 0.188. The van der Waals surface area contributed by atoms with Crippen LogP contribution in [0.3, 0.4) is 0 Å². The van der Waals surface area contributed by atoms with E-state index in [4.69, 9.17) is 9.84 Å². The van der Waals surface area contributed by atoms with E-state index in [1.54, 1.807) is 5.43 Å². The molecule has 0 unspecified atom stereocenters. The number of carbonyl (C=O) groups excluding carboxylic acids is 2. The first-order valence-corrected chi connectivity index (χ1v) is 6.26. The molecule has 10 heteroatoms. The van der Waals surface area contributed by atoms with Gasteiger partial charge < -0.3 is 9.84 Å². The van der Waals surface area contributed by atoms with Gasteiger partial charge in [-0.15, -0.1) is 0 Å². The molecule has 0 aliphatic carbocycles. The van der Waals surface area contributed by atoms with Crippen LogP contribution < -0.4 is 15.6 Å². The maximum atomic E-state index is 12.6. The second kappa shape index (κ2) is 7.27. The van der Waals surface area contributed by atoms with Crippen LogP contribution in [0, 0.1) is 5.82 Å². The summed E-state index contributed by atoms with van der Waals surface area (Å²) < 4.78 is 54.7. The second-order valence-electron chi connectivity index (χ2n) is 4.79. The number of carbonyl (C=O) groups is 2. The number of halogens is 4. The van der Waals surface area contributed by atoms with Gasteiger partial charge in [0.05, 0.1) is 6.42 Å². The molecule has 1 atom stereocenters. The summed E-state index contributed by atoms with van der Waals surface area (Å²) in [4.78, 5) is 22.6. The molecule has 0 aliphatic heterocycles. The van der Waals surface area contributed by atoms with Crippen molar-refractivity contribution >= 4 is 11.8 Å². The molecule has 23 heavy (non-hydrogen) atoms. The van der Waals surface area contributed by atoms with Gasteiger partial charge in [0.25, 0.3) is 5.91 Å². The first kappa shape index (κ1) is 18.7. The van der Waals surface area contributed by atoms with Crippen LogP contribution in [-0.2, 0) is 9.59 Å². The Hall–Kier alpha value is -2.36. The molecule has 128 valence electrons. The maximum Gasteiger partial charge on any atom is 0.417 e. The molecule has 0 saturated heterocycles. The molecule has 1 aromatic rings. The van der Waals surface area contributed by atoms with Gasteiger partial charge >= 0.3 is 6.18 Å². The highest BCUT2D eigenvalue weighted by molar-refractivity contribution is 5.83. The van der Waals surface area contributed by atoms with Crippen molar-refractivity contribution in [2.45, 2.75) is 25.1 Å². The quantitative estimate of drug-likeness (QED) is 0.553. The minimum Gasteiger partial charge on any atom is -0.484 e. The summed E-state index contributed by atoms with van der Waals surface area (Å²) in [6, 6.07) is 4.74. The summed E-state index contributed by atoms with van der Waals surface area (Å²) in [7, 11) is 0. The Morgan fingerprint density at radius 3 is 2.17 bits per heavy atom. The lowest BCUT2D eigenvalue weighted by molar-refractivity contribution is -0.253. The van der Waals surface area contributed by atoms with Crippen molar-refractivity contribution < 1.29 is 37.0 Å². The van der Waals surface area contributed by atoms with Crippen LogP contribution >= 0.6 is 0 Å². The number of nitrogens with one attached hydrogen (secondary N) is 2. The van der Waals surface area contributed by atoms with E-state index in [1.807, 2.05) is 5.43 Å². The molecular formula is C13H14F4N2O4. The van der Waals surface area contributed by atoms with E-state index >= 15 is 0 Å². The number of aliphatic hydroxyl groups is 1. The molecule has 0 aromatic heterocycles. The highest BCUT2D eigenvalue weighted by Gasteiger charge is 2.51. The summed E-state index contributed by atoms with van der Waals surface area (Å²) in [6.07, 6.45) is -6.27. The Morgan fingerprint density at radius 2 is 1.65 bits per heavy atom. The Balaban J connectivity index is 2.35. The molecule has 1 rings (SSSR count). The lowest BCUT2D eigenvalue weighted by Gasteiger charge is -2.25. The van der Waals surface area contributed by atoms with Crippen LogP contribution in [0.2, 0.25) is 0 Å².